The van der Waals surface area contributed by atoms with Gasteiger partial charge in [-0.25, -0.2) is 9.97 Å². The van der Waals surface area contributed by atoms with Crippen molar-refractivity contribution in [1.29, 1.82) is 0 Å². The Morgan fingerprint density at radius 1 is 1.19 bits per heavy atom. The van der Waals surface area contributed by atoms with Crippen LogP contribution in [0.15, 0.2) is 36.8 Å². The van der Waals surface area contributed by atoms with Crippen LogP contribution in [0.5, 0.6) is 0 Å². The number of rotatable bonds is 3. The Labute approximate surface area is 91.8 Å². The summed E-state index contributed by atoms with van der Waals surface area (Å²) in [6.07, 6.45) is 4.71. The number of aliphatic carboxylic acids is 1. The molecule has 1 N–H and O–H groups in total. The van der Waals surface area contributed by atoms with Gasteiger partial charge in [0.1, 0.15) is 12.2 Å². The molecule has 0 amide bonds. The molecule has 5 heteroatoms. The molecule has 0 aliphatic carbocycles. The second kappa shape index (κ2) is 4.48. The number of hydrogen-bond acceptors (Lipinski definition) is 4. The van der Waals surface area contributed by atoms with Gasteiger partial charge in [0, 0.05) is 24.2 Å². The molecule has 0 atom stereocenters. The van der Waals surface area contributed by atoms with Crippen LogP contribution in [0, 0.1) is 0 Å². The van der Waals surface area contributed by atoms with Crippen molar-refractivity contribution >= 4 is 5.97 Å². The van der Waals surface area contributed by atoms with Crippen molar-refractivity contribution < 1.29 is 9.90 Å². The van der Waals surface area contributed by atoms with E-state index in [2.05, 4.69) is 15.0 Å². The highest BCUT2D eigenvalue weighted by molar-refractivity contribution is 5.69. The predicted molar refractivity (Wildman–Crippen MR) is 56.6 cm³/mol. The van der Waals surface area contributed by atoms with Crippen LogP contribution in [0.2, 0.25) is 0 Å². The summed E-state index contributed by atoms with van der Waals surface area (Å²) in [5.41, 5.74) is 1.60. The fourth-order valence-corrected chi connectivity index (χ4v) is 1.30. The van der Waals surface area contributed by atoms with Crippen LogP contribution in [0.25, 0.3) is 11.3 Å². The molecule has 0 spiro atoms. The van der Waals surface area contributed by atoms with E-state index in [0.717, 1.165) is 5.56 Å². The maximum Gasteiger partial charge on any atom is 0.311 e. The highest BCUT2D eigenvalue weighted by Crippen LogP contribution is 2.14. The third-order valence-electron chi connectivity index (χ3n) is 1.99. The van der Waals surface area contributed by atoms with E-state index in [1.807, 2.05) is 12.1 Å². The molecule has 2 rings (SSSR count). The SMILES string of the molecule is O=C(O)Cc1nccc(-c2ccncc2)n1. The van der Waals surface area contributed by atoms with Gasteiger partial charge >= 0.3 is 5.97 Å². The average Bonchev–Trinajstić information content (AvgIpc) is 2.30. The Hall–Kier alpha value is -2.30. The summed E-state index contributed by atoms with van der Waals surface area (Å²) in [7, 11) is 0. The van der Waals surface area contributed by atoms with Crippen molar-refractivity contribution in [2.45, 2.75) is 6.42 Å². The molecule has 5 nitrogen and oxygen atoms in total. The van der Waals surface area contributed by atoms with Crippen LogP contribution >= 0.6 is 0 Å². The minimum absolute atomic E-state index is 0.168. The maximum atomic E-state index is 10.5. The van der Waals surface area contributed by atoms with E-state index in [1.54, 1.807) is 24.7 Å². The summed E-state index contributed by atoms with van der Waals surface area (Å²) in [6.45, 7) is 0. The molecule has 2 aromatic rings. The van der Waals surface area contributed by atoms with Gasteiger partial charge in [-0.2, -0.15) is 0 Å². The van der Waals surface area contributed by atoms with E-state index < -0.39 is 5.97 Å². The van der Waals surface area contributed by atoms with Crippen molar-refractivity contribution in [2.75, 3.05) is 0 Å². The Morgan fingerprint density at radius 2 is 1.94 bits per heavy atom. The molecule has 0 unspecified atom stereocenters. The molecule has 0 radical (unpaired) electrons. The molecule has 0 aliphatic heterocycles. The molecule has 80 valence electrons. The van der Waals surface area contributed by atoms with Crippen LogP contribution in [0.4, 0.5) is 0 Å². The van der Waals surface area contributed by atoms with Crippen LogP contribution < -0.4 is 0 Å². The summed E-state index contributed by atoms with van der Waals surface area (Å²) in [4.78, 5) is 22.5. The summed E-state index contributed by atoms with van der Waals surface area (Å²) < 4.78 is 0. The Morgan fingerprint density at radius 3 is 2.62 bits per heavy atom. The van der Waals surface area contributed by atoms with Gasteiger partial charge in [-0.1, -0.05) is 0 Å². The quantitative estimate of drug-likeness (QED) is 0.831. The molecule has 0 bridgehead atoms. The third kappa shape index (κ3) is 2.38. The van der Waals surface area contributed by atoms with Gasteiger partial charge in [-0.3, -0.25) is 9.78 Å². The molecule has 0 aromatic carbocycles. The molecular formula is C11H9N3O2. The molecule has 2 aromatic heterocycles. The van der Waals surface area contributed by atoms with E-state index in [-0.39, 0.29) is 6.42 Å². The lowest BCUT2D eigenvalue weighted by Gasteiger charge is -2.01. The zero-order chi connectivity index (χ0) is 11.4. The second-order valence-electron chi connectivity index (χ2n) is 3.16. The number of hydrogen-bond donors (Lipinski definition) is 1. The van der Waals surface area contributed by atoms with Gasteiger partial charge < -0.3 is 5.11 Å². The fourth-order valence-electron chi connectivity index (χ4n) is 1.30. The zero-order valence-electron chi connectivity index (χ0n) is 8.37. The lowest BCUT2D eigenvalue weighted by Crippen LogP contribution is -2.05. The number of carbonyl (C=O) groups is 1. The second-order valence-corrected chi connectivity index (χ2v) is 3.16. The highest BCUT2D eigenvalue weighted by Gasteiger charge is 2.05. The van der Waals surface area contributed by atoms with Crippen molar-refractivity contribution in [3.05, 3.63) is 42.6 Å². The summed E-state index contributed by atoms with van der Waals surface area (Å²) in [6, 6.07) is 5.36. The Kier molecular flexibility index (Phi) is 2.86. The predicted octanol–water partition coefficient (Wildman–Crippen LogP) is 1.17. The minimum Gasteiger partial charge on any atom is -0.481 e. The first kappa shape index (κ1) is 10.2. The Balaban J connectivity index is 2.33. The number of nitrogens with zero attached hydrogens (tertiary/aromatic N) is 3. The average molecular weight is 215 g/mol. The highest BCUT2D eigenvalue weighted by atomic mass is 16.4. The smallest absolute Gasteiger partial charge is 0.311 e. The number of carboxylic acids is 1. The normalized spacial score (nSPS) is 10.0. The first-order chi connectivity index (χ1) is 7.75. The zero-order valence-corrected chi connectivity index (χ0v) is 8.37. The van der Waals surface area contributed by atoms with E-state index in [4.69, 9.17) is 5.11 Å². The molecular weight excluding hydrogens is 206 g/mol. The van der Waals surface area contributed by atoms with Crippen LogP contribution in [-0.2, 0) is 11.2 Å². The van der Waals surface area contributed by atoms with Gasteiger partial charge in [0.25, 0.3) is 0 Å². The van der Waals surface area contributed by atoms with E-state index in [0.29, 0.717) is 11.5 Å². The molecule has 0 fully saturated rings. The van der Waals surface area contributed by atoms with Crippen molar-refractivity contribution in [3.8, 4) is 11.3 Å². The molecule has 2 heterocycles. The molecule has 0 aliphatic rings. The van der Waals surface area contributed by atoms with Crippen molar-refractivity contribution in [3.63, 3.8) is 0 Å². The van der Waals surface area contributed by atoms with Crippen molar-refractivity contribution in [2.24, 2.45) is 0 Å². The van der Waals surface area contributed by atoms with E-state index >= 15 is 0 Å². The third-order valence-corrected chi connectivity index (χ3v) is 1.99. The molecule has 16 heavy (non-hydrogen) atoms. The van der Waals surface area contributed by atoms with E-state index in [1.165, 1.54) is 0 Å². The Bertz CT molecular complexity index is 500. The van der Waals surface area contributed by atoms with Crippen LogP contribution in [-0.4, -0.2) is 26.0 Å². The maximum absolute atomic E-state index is 10.5. The number of carboxylic acid groups (broad SMARTS) is 1. The summed E-state index contributed by atoms with van der Waals surface area (Å²) in [5.74, 6) is -0.631. The van der Waals surface area contributed by atoms with Gasteiger partial charge in [0.2, 0.25) is 0 Å². The number of pyridine rings is 1. The van der Waals surface area contributed by atoms with Crippen molar-refractivity contribution in [1.82, 2.24) is 15.0 Å². The largest absolute Gasteiger partial charge is 0.481 e. The van der Waals surface area contributed by atoms with Crippen LogP contribution in [0.1, 0.15) is 5.82 Å². The van der Waals surface area contributed by atoms with Gasteiger partial charge in [0.05, 0.1) is 5.69 Å². The first-order valence-electron chi connectivity index (χ1n) is 4.70. The van der Waals surface area contributed by atoms with E-state index in [9.17, 15) is 4.79 Å². The minimum atomic E-state index is -0.938. The molecule has 0 saturated heterocycles. The summed E-state index contributed by atoms with van der Waals surface area (Å²) in [5, 5.41) is 8.64. The van der Waals surface area contributed by atoms with Gasteiger partial charge in [-0.15, -0.1) is 0 Å². The lowest BCUT2D eigenvalue weighted by molar-refractivity contribution is -0.136. The topological polar surface area (TPSA) is 76.0 Å². The van der Waals surface area contributed by atoms with Gasteiger partial charge in [0.15, 0.2) is 0 Å². The van der Waals surface area contributed by atoms with Crippen LogP contribution in [0.3, 0.4) is 0 Å². The monoisotopic (exact) mass is 215 g/mol. The molecule has 0 saturated carbocycles. The fraction of sp³-hybridized carbons (Fsp3) is 0.0909. The lowest BCUT2D eigenvalue weighted by atomic mass is 10.2. The standard InChI is InChI=1S/C11H9N3O2/c15-11(16)7-10-13-6-3-9(14-10)8-1-4-12-5-2-8/h1-6H,7H2,(H,15,16). The number of aromatic nitrogens is 3. The van der Waals surface area contributed by atoms with Gasteiger partial charge in [-0.05, 0) is 18.2 Å². The summed E-state index contributed by atoms with van der Waals surface area (Å²) >= 11 is 0. The first-order valence-corrected chi connectivity index (χ1v) is 4.70.